The standard InChI is InChI=1S/C13H16N4O2S/c1-4-10-7(2)20-13(16-10)17-11-5-8(12(18)19-3)9(14)6-15-11/h5-6H,4,14H2,1-3H3,(H,15,16,17). The van der Waals surface area contributed by atoms with Crippen molar-refractivity contribution in [2.24, 2.45) is 0 Å². The van der Waals surface area contributed by atoms with Crippen molar-refractivity contribution in [1.29, 1.82) is 0 Å². The molecule has 106 valence electrons. The van der Waals surface area contributed by atoms with E-state index in [-0.39, 0.29) is 11.3 Å². The van der Waals surface area contributed by atoms with Crippen LogP contribution >= 0.6 is 11.3 Å². The third kappa shape index (κ3) is 2.88. The van der Waals surface area contributed by atoms with E-state index in [1.54, 1.807) is 17.4 Å². The highest BCUT2D eigenvalue weighted by atomic mass is 32.1. The molecule has 7 heteroatoms. The summed E-state index contributed by atoms with van der Waals surface area (Å²) in [6.45, 7) is 4.08. The number of hydrogen-bond acceptors (Lipinski definition) is 7. The molecule has 0 bridgehead atoms. The van der Waals surface area contributed by atoms with Gasteiger partial charge >= 0.3 is 5.97 Å². The first kappa shape index (κ1) is 14.3. The van der Waals surface area contributed by atoms with E-state index >= 15 is 0 Å². The Kier molecular flexibility index (Phi) is 4.19. The number of aromatic nitrogens is 2. The Bertz CT molecular complexity index is 639. The van der Waals surface area contributed by atoms with Crippen LogP contribution in [0.15, 0.2) is 12.3 Å². The van der Waals surface area contributed by atoms with Crippen LogP contribution in [0.3, 0.4) is 0 Å². The number of esters is 1. The number of anilines is 3. The van der Waals surface area contributed by atoms with Gasteiger partial charge in [-0.25, -0.2) is 14.8 Å². The van der Waals surface area contributed by atoms with Crippen LogP contribution in [-0.4, -0.2) is 23.0 Å². The number of hydrogen-bond donors (Lipinski definition) is 2. The van der Waals surface area contributed by atoms with Gasteiger partial charge in [0.05, 0.1) is 30.3 Å². The number of methoxy groups -OCH3 is 1. The molecular formula is C13H16N4O2S. The largest absolute Gasteiger partial charge is 0.465 e. The average molecular weight is 292 g/mol. The van der Waals surface area contributed by atoms with Crippen molar-refractivity contribution >= 4 is 33.9 Å². The second-order valence-electron chi connectivity index (χ2n) is 4.15. The maximum absolute atomic E-state index is 11.6. The first-order valence-corrected chi connectivity index (χ1v) is 6.94. The van der Waals surface area contributed by atoms with Crippen molar-refractivity contribution in [1.82, 2.24) is 9.97 Å². The van der Waals surface area contributed by atoms with Gasteiger partial charge in [0.15, 0.2) is 5.13 Å². The van der Waals surface area contributed by atoms with Gasteiger partial charge < -0.3 is 15.8 Å². The fourth-order valence-corrected chi connectivity index (χ4v) is 2.65. The molecule has 0 saturated heterocycles. The molecule has 0 fully saturated rings. The van der Waals surface area contributed by atoms with Gasteiger partial charge in [-0.3, -0.25) is 0 Å². The summed E-state index contributed by atoms with van der Waals surface area (Å²) in [6.07, 6.45) is 2.31. The highest BCUT2D eigenvalue weighted by Crippen LogP contribution is 2.26. The lowest BCUT2D eigenvalue weighted by molar-refractivity contribution is 0.0602. The second-order valence-corrected chi connectivity index (χ2v) is 5.35. The molecule has 0 aliphatic heterocycles. The zero-order valence-electron chi connectivity index (χ0n) is 11.6. The van der Waals surface area contributed by atoms with Crippen LogP contribution in [0.1, 0.15) is 27.9 Å². The van der Waals surface area contributed by atoms with E-state index in [1.165, 1.54) is 18.2 Å². The van der Waals surface area contributed by atoms with E-state index in [9.17, 15) is 4.79 Å². The maximum atomic E-state index is 11.6. The third-order valence-electron chi connectivity index (χ3n) is 2.80. The molecule has 0 saturated carbocycles. The zero-order valence-corrected chi connectivity index (χ0v) is 12.4. The number of nitrogens with one attached hydrogen (secondary N) is 1. The molecule has 20 heavy (non-hydrogen) atoms. The molecule has 0 amide bonds. The Morgan fingerprint density at radius 3 is 2.90 bits per heavy atom. The number of carbonyl (C=O) groups excluding carboxylic acids is 1. The Morgan fingerprint density at radius 1 is 1.55 bits per heavy atom. The van der Waals surface area contributed by atoms with Gasteiger partial charge in [0, 0.05) is 4.88 Å². The third-order valence-corrected chi connectivity index (χ3v) is 3.73. The van der Waals surface area contributed by atoms with Crippen LogP contribution in [0.2, 0.25) is 0 Å². The summed E-state index contributed by atoms with van der Waals surface area (Å²) >= 11 is 1.55. The Hall–Kier alpha value is -2.15. The number of carbonyl (C=O) groups is 1. The van der Waals surface area contributed by atoms with Crippen molar-refractivity contribution in [3.63, 3.8) is 0 Å². The number of thiazole rings is 1. The normalized spacial score (nSPS) is 10.3. The van der Waals surface area contributed by atoms with Crippen LogP contribution in [0, 0.1) is 6.92 Å². The van der Waals surface area contributed by atoms with E-state index in [0.29, 0.717) is 5.82 Å². The highest BCUT2D eigenvalue weighted by molar-refractivity contribution is 7.15. The van der Waals surface area contributed by atoms with Crippen molar-refractivity contribution < 1.29 is 9.53 Å². The van der Waals surface area contributed by atoms with E-state index in [4.69, 9.17) is 5.73 Å². The maximum Gasteiger partial charge on any atom is 0.340 e. The van der Waals surface area contributed by atoms with E-state index in [0.717, 1.165) is 17.2 Å². The molecule has 3 N–H and O–H groups in total. The smallest absolute Gasteiger partial charge is 0.340 e. The minimum absolute atomic E-state index is 0.284. The Morgan fingerprint density at radius 2 is 2.30 bits per heavy atom. The van der Waals surface area contributed by atoms with Gasteiger partial charge in [-0.1, -0.05) is 6.92 Å². The van der Waals surface area contributed by atoms with Gasteiger partial charge in [0.25, 0.3) is 0 Å². The van der Waals surface area contributed by atoms with Crippen molar-refractivity contribution in [2.45, 2.75) is 20.3 Å². The number of aryl methyl sites for hydroxylation is 2. The number of pyridine rings is 1. The van der Waals surface area contributed by atoms with E-state index in [1.807, 2.05) is 6.92 Å². The summed E-state index contributed by atoms with van der Waals surface area (Å²) in [7, 11) is 1.31. The fraction of sp³-hybridized carbons (Fsp3) is 0.308. The Balaban J connectivity index is 2.27. The lowest BCUT2D eigenvalue weighted by atomic mass is 10.2. The lowest BCUT2D eigenvalue weighted by Crippen LogP contribution is -2.07. The molecule has 2 rings (SSSR count). The quantitative estimate of drug-likeness (QED) is 0.842. The summed E-state index contributed by atoms with van der Waals surface area (Å²) < 4.78 is 4.68. The van der Waals surface area contributed by atoms with Gasteiger partial charge in [-0.15, -0.1) is 11.3 Å². The molecule has 0 aliphatic rings. The Labute approximate surface area is 121 Å². The average Bonchev–Trinajstić information content (AvgIpc) is 2.80. The van der Waals surface area contributed by atoms with Crippen LogP contribution < -0.4 is 11.1 Å². The topological polar surface area (TPSA) is 90.1 Å². The number of nitrogen functional groups attached to an aromatic ring is 1. The van der Waals surface area contributed by atoms with Crippen LogP contribution in [-0.2, 0) is 11.2 Å². The highest BCUT2D eigenvalue weighted by Gasteiger charge is 2.13. The van der Waals surface area contributed by atoms with E-state index < -0.39 is 5.97 Å². The number of ether oxygens (including phenoxy) is 1. The first-order valence-electron chi connectivity index (χ1n) is 6.12. The second kappa shape index (κ2) is 5.87. The van der Waals surface area contributed by atoms with Crippen LogP contribution in [0.4, 0.5) is 16.6 Å². The lowest BCUT2D eigenvalue weighted by Gasteiger charge is -2.06. The SMILES string of the molecule is CCc1nc(Nc2cc(C(=O)OC)c(N)cn2)sc1C. The van der Waals surface area contributed by atoms with Crippen molar-refractivity contribution in [3.05, 3.63) is 28.4 Å². The summed E-state index contributed by atoms with van der Waals surface area (Å²) in [6, 6.07) is 1.56. The van der Waals surface area contributed by atoms with E-state index in [2.05, 4.69) is 26.9 Å². The molecule has 0 spiro atoms. The predicted molar refractivity (Wildman–Crippen MR) is 79.5 cm³/mol. The zero-order chi connectivity index (χ0) is 14.7. The van der Waals surface area contributed by atoms with Gasteiger partial charge in [-0.05, 0) is 19.4 Å². The molecular weight excluding hydrogens is 276 g/mol. The first-order chi connectivity index (χ1) is 9.55. The predicted octanol–water partition coefficient (Wildman–Crippen LogP) is 2.52. The van der Waals surface area contributed by atoms with Gasteiger partial charge in [-0.2, -0.15) is 0 Å². The molecule has 2 heterocycles. The minimum atomic E-state index is -0.488. The summed E-state index contributed by atoms with van der Waals surface area (Å²) in [5.74, 6) is 0.0218. The molecule has 2 aromatic heterocycles. The molecule has 2 aromatic rings. The minimum Gasteiger partial charge on any atom is -0.465 e. The number of nitrogens with two attached hydrogens (primary N) is 1. The monoisotopic (exact) mass is 292 g/mol. The summed E-state index contributed by atoms with van der Waals surface area (Å²) in [4.78, 5) is 21.3. The number of nitrogens with zero attached hydrogens (tertiary/aromatic N) is 2. The molecule has 0 atom stereocenters. The molecule has 0 aromatic carbocycles. The molecule has 6 nitrogen and oxygen atoms in total. The van der Waals surface area contributed by atoms with Crippen molar-refractivity contribution in [3.8, 4) is 0 Å². The van der Waals surface area contributed by atoms with Gasteiger partial charge in [0.2, 0.25) is 0 Å². The summed E-state index contributed by atoms with van der Waals surface area (Å²) in [5, 5.41) is 3.82. The molecule has 0 aliphatic carbocycles. The van der Waals surface area contributed by atoms with Gasteiger partial charge in [0.1, 0.15) is 5.82 Å². The van der Waals surface area contributed by atoms with Crippen LogP contribution in [0.5, 0.6) is 0 Å². The number of rotatable bonds is 4. The van der Waals surface area contributed by atoms with Crippen molar-refractivity contribution in [2.75, 3.05) is 18.2 Å². The summed E-state index contributed by atoms with van der Waals surface area (Å²) in [5.41, 5.74) is 7.33. The molecule has 0 unspecified atom stereocenters. The molecule has 0 radical (unpaired) electrons. The van der Waals surface area contributed by atoms with Crippen LogP contribution in [0.25, 0.3) is 0 Å². The fourth-order valence-electron chi connectivity index (χ4n) is 1.74.